The highest BCUT2D eigenvalue weighted by atomic mass is 16.5. The minimum Gasteiger partial charge on any atom is -0.466 e. The van der Waals surface area contributed by atoms with Crippen molar-refractivity contribution in [3.63, 3.8) is 0 Å². The SMILES string of the molecule is CCCCCCCCCCCCCCCCCCCCCCCC/C=C/C(O)C(CO)NC(=O)CCCCCCCCCCCCC/C=C\C/C=C\CCCCCCCCCCCOC(=O)CCCCCCCCCCCCCCCCCCCC. The molecule has 2 atom stereocenters. The van der Waals surface area contributed by atoms with Crippen molar-refractivity contribution in [3.05, 3.63) is 36.5 Å². The van der Waals surface area contributed by atoms with Crippen LogP contribution in [0.4, 0.5) is 0 Å². The van der Waals surface area contributed by atoms with Gasteiger partial charge in [-0.1, -0.05) is 397 Å². The average molecular weight is 1210 g/mol. The summed E-state index contributed by atoms with van der Waals surface area (Å²) in [7, 11) is 0. The van der Waals surface area contributed by atoms with Gasteiger partial charge < -0.3 is 20.3 Å². The Kier molecular flexibility index (Phi) is 73.9. The number of hydrogen-bond acceptors (Lipinski definition) is 5. The lowest BCUT2D eigenvalue weighted by Crippen LogP contribution is -2.45. The van der Waals surface area contributed by atoms with Crippen molar-refractivity contribution in [2.75, 3.05) is 13.2 Å². The predicted octanol–water partition coefficient (Wildman–Crippen LogP) is 25.8. The molecule has 86 heavy (non-hydrogen) atoms. The van der Waals surface area contributed by atoms with Gasteiger partial charge in [0.1, 0.15) is 0 Å². The van der Waals surface area contributed by atoms with Gasteiger partial charge in [0, 0.05) is 12.8 Å². The van der Waals surface area contributed by atoms with Crippen LogP contribution in [0, 0.1) is 0 Å². The number of carbonyl (C=O) groups is 2. The van der Waals surface area contributed by atoms with E-state index in [0.29, 0.717) is 19.4 Å². The van der Waals surface area contributed by atoms with Gasteiger partial charge in [0.25, 0.3) is 0 Å². The summed E-state index contributed by atoms with van der Waals surface area (Å²) < 4.78 is 5.51. The van der Waals surface area contributed by atoms with E-state index in [1.807, 2.05) is 6.08 Å². The maximum atomic E-state index is 12.5. The fourth-order valence-corrected chi connectivity index (χ4v) is 12.4. The normalized spacial score (nSPS) is 12.7. The van der Waals surface area contributed by atoms with Gasteiger partial charge in [0.15, 0.2) is 0 Å². The molecule has 6 nitrogen and oxygen atoms in total. The number of esters is 1. The maximum Gasteiger partial charge on any atom is 0.305 e. The van der Waals surface area contributed by atoms with Crippen LogP contribution in [0.5, 0.6) is 0 Å². The average Bonchev–Trinajstić information content (AvgIpc) is 3.55. The molecule has 0 bridgehead atoms. The minimum atomic E-state index is -0.849. The molecule has 0 aliphatic rings. The number of ether oxygens (including phenoxy) is 1. The fourth-order valence-electron chi connectivity index (χ4n) is 12.4. The molecule has 0 saturated carbocycles. The highest BCUT2D eigenvalue weighted by Gasteiger charge is 2.18. The number of amides is 1. The number of aliphatic hydroxyl groups is 2. The molecule has 2 unspecified atom stereocenters. The summed E-state index contributed by atoms with van der Waals surface area (Å²) in [5.74, 6) is -0.0510. The molecule has 6 heteroatoms. The monoisotopic (exact) mass is 1210 g/mol. The van der Waals surface area contributed by atoms with Crippen LogP contribution in [-0.4, -0.2) is 47.4 Å². The third kappa shape index (κ3) is 71.2. The molecule has 0 aliphatic carbocycles. The number of rotatable bonds is 74. The first kappa shape index (κ1) is 84.1. The summed E-state index contributed by atoms with van der Waals surface area (Å²) in [6.45, 7) is 4.95. The summed E-state index contributed by atoms with van der Waals surface area (Å²) in [5.41, 5.74) is 0. The summed E-state index contributed by atoms with van der Waals surface area (Å²) in [5, 5.41) is 23.3. The van der Waals surface area contributed by atoms with Gasteiger partial charge in [-0.05, 0) is 64.2 Å². The molecule has 0 spiro atoms. The second-order valence-corrected chi connectivity index (χ2v) is 27.0. The number of unbranched alkanes of at least 4 members (excludes halogenated alkanes) is 59. The Morgan fingerprint density at radius 3 is 0.884 bits per heavy atom. The molecule has 0 aliphatic heterocycles. The number of hydrogen-bond donors (Lipinski definition) is 3. The van der Waals surface area contributed by atoms with E-state index in [0.717, 1.165) is 44.9 Å². The molecule has 0 radical (unpaired) electrons. The Hall–Kier alpha value is -1.92. The molecule has 1 amide bonds. The van der Waals surface area contributed by atoms with Crippen molar-refractivity contribution < 1.29 is 24.5 Å². The molecule has 3 N–H and O–H groups in total. The molecule has 508 valence electrons. The van der Waals surface area contributed by atoms with E-state index < -0.39 is 12.1 Å². The van der Waals surface area contributed by atoms with Crippen molar-refractivity contribution in [3.8, 4) is 0 Å². The van der Waals surface area contributed by atoms with Gasteiger partial charge in [-0.15, -0.1) is 0 Å². The molecule has 0 fully saturated rings. The second kappa shape index (κ2) is 75.5. The van der Waals surface area contributed by atoms with Crippen molar-refractivity contribution in [1.82, 2.24) is 5.32 Å². The summed E-state index contributed by atoms with van der Waals surface area (Å²) >= 11 is 0. The van der Waals surface area contributed by atoms with Crippen LogP contribution in [-0.2, 0) is 14.3 Å². The molecule has 0 rings (SSSR count). The van der Waals surface area contributed by atoms with E-state index in [9.17, 15) is 19.8 Å². The number of carbonyl (C=O) groups excluding carboxylic acids is 2. The van der Waals surface area contributed by atoms with Crippen LogP contribution < -0.4 is 5.32 Å². The molecule has 0 saturated heterocycles. The Bertz CT molecular complexity index is 1390. The summed E-state index contributed by atoms with van der Waals surface area (Å²) in [6, 6.07) is -0.632. The summed E-state index contributed by atoms with van der Waals surface area (Å²) in [4.78, 5) is 24.7. The lowest BCUT2D eigenvalue weighted by Gasteiger charge is -2.20. The van der Waals surface area contributed by atoms with Crippen molar-refractivity contribution in [2.24, 2.45) is 0 Å². The van der Waals surface area contributed by atoms with E-state index in [-0.39, 0.29) is 18.5 Å². The smallest absolute Gasteiger partial charge is 0.305 e. The van der Waals surface area contributed by atoms with Crippen LogP contribution in [0.15, 0.2) is 36.5 Å². The minimum absolute atomic E-state index is 0.0155. The van der Waals surface area contributed by atoms with E-state index in [1.54, 1.807) is 6.08 Å². The first-order valence-electron chi connectivity index (χ1n) is 39.3. The van der Waals surface area contributed by atoms with Crippen LogP contribution in [0.3, 0.4) is 0 Å². The number of nitrogens with one attached hydrogen (secondary N) is 1. The third-order valence-corrected chi connectivity index (χ3v) is 18.4. The lowest BCUT2D eigenvalue weighted by atomic mass is 10.0. The van der Waals surface area contributed by atoms with E-state index in [2.05, 4.69) is 43.5 Å². The van der Waals surface area contributed by atoms with Gasteiger partial charge in [0.2, 0.25) is 5.91 Å². The number of aliphatic hydroxyl groups excluding tert-OH is 2. The largest absolute Gasteiger partial charge is 0.466 e. The molecule has 0 heterocycles. The van der Waals surface area contributed by atoms with Gasteiger partial charge >= 0.3 is 5.97 Å². The van der Waals surface area contributed by atoms with Crippen LogP contribution in [0.25, 0.3) is 0 Å². The highest BCUT2D eigenvalue weighted by molar-refractivity contribution is 5.76. The second-order valence-electron chi connectivity index (χ2n) is 27.0. The lowest BCUT2D eigenvalue weighted by molar-refractivity contribution is -0.143. The number of allylic oxidation sites excluding steroid dienone is 5. The summed E-state index contributed by atoms with van der Waals surface area (Å²) in [6.07, 6.45) is 98.3. The van der Waals surface area contributed by atoms with E-state index >= 15 is 0 Å². The Balaban J connectivity index is 3.42. The van der Waals surface area contributed by atoms with Crippen molar-refractivity contribution in [2.45, 2.75) is 450 Å². The zero-order valence-electron chi connectivity index (χ0n) is 58.3. The standard InChI is InChI=1S/C80H153NO5/c1-3-5-7-9-11-13-15-17-19-21-23-24-25-31-34-37-40-44-48-52-56-60-64-68-72-78(83)77(76-82)81-79(84)73-69-65-61-57-53-49-45-41-38-35-32-29-27-26-28-30-33-36-39-43-47-51-55-59-63-67-71-75-86-80(85)74-70-66-62-58-54-50-46-42-22-20-18-16-14-12-10-8-6-4-2/h26-27,30,33,68,72,77-78,82-83H,3-25,28-29,31-32,34-67,69-71,73-76H2,1-2H3,(H,81,84)/b27-26-,33-30-,72-68+. The Morgan fingerprint density at radius 2 is 0.581 bits per heavy atom. The Labute approximate surface area is 538 Å². The van der Waals surface area contributed by atoms with E-state index in [1.165, 1.54) is 366 Å². The van der Waals surface area contributed by atoms with Gasteiger partial charge in [-0.25, -0.2) is 0 Å². The first-order valence-corrected chi connectivity index (χ1v) is 39.3. The fraction of sp³-hybridized carbons (Fsp3) is 0.900. The predicted molar refractivity (Wildman–Crippen MR) is 379 cm³/mol. The maximum absolute atomic E-state index is 12.5. The third-order valence-electron chi connectivity index (χ3n) is 18.4. The van der Waals surface area contributed by atoms with Crippen LogP contribution >= 0.6 is 0 Å². The van der Waals surface area contributed by atoms with Crippen molar-refractivity contribution in [1.29, 1.82) is 0 Å². The molecule has 0 aromatic heterocycles. The Morgan fingerprint density at radius 1 is 0.326 bits per heavy atom. The molecular weight excluding hydrogens is 1050 g/mol. The van der Waals surface area contributed by atoms with Gasteiger partial charge in [-0.3, -0.25) is 9.59 Å². The topological polar surface area (TPSA) is 95.9 Å². The molecule has 0 aromatic carbocycles. The van der Waals surface area contributed by atoms with Gasteiger partial charge in [-0.2, -0.15) is 0 Å². The highest BCUT2D eigenvalue weighted by Crippen LogP contribution is 2.19. The van der Waals surface area contributed by atoms with Crippen LogP contribution in [0.2, 0.25) is 0 Å². The van der Waals surface area contributed by atoms with Crippen molar-refractivity contribution >= 4 is 11.9 Å². The van der Waals surface area contributed by atoms with Crippen LogP contribution in [0.1, 0.15) is 438 Å². The van der Waals surface area contributed by atoms with E-state index in [4.69, 9.17) is 4.74 Å². The molecular formula is C80H153NO5. The first-order chi connectivity index (χ1) is 42.5. The molecule has 0 aromatic rings. The zero-order chi connectivity index (χ0) is 62.0. The quantitative estimate of drug-likeness (QED) is 0.0320. The zero-order valence-corrected chi connectivity index (χ0v) is 58.3. The van der Waals surface area contributed by atoms with Gasteiger partial charge in [0.05, 0.1) is 25.4 Å².